The summed E-state index contributed by atoms with van der Waals surface area (Å²) in [5, 5.41) is 9.18. The van der Waals surface area contributed by atoms with E-state index in [1.165, 1.54) is 0 Å². The highest BCUT2D eigenvalue weighted by molar-refractivity contribution is 5.86. The van der Waals surface area contributed by atoms with E-state index < -0.39 is 23.5 Å². The summed E-state index contributed by atoms with van der Waals surface area (Å²) in [7, 11) is 0. The highest BCUT2D eigenvalue weighted by atomic mass is 19.2. The zero-order valence-corrected chi connectivity index (χ0v) is 14.7. The molecule has 0 amide bonds. The average molecular weight is 383 g/mol. The van der Waals surface area contributed by atoms with E-state index in [1.54, 1.807) is 17.1 Å². The molecule has 5 nitrogen and oxygen atoms in total. The molecule has 8 heteroatoms. The number of benzene rings is 2. The molecule has 2 heterocycles. The molecule has 0 aliphatic carbocycles. The Morgan fingerprint density at radius 2 is 1.79 bits per heavy atom. The zero-order chi connectivity index (χ0) is 19.7. The van der Waals surface area contributed by atoms with Gasteiger partial charge in [0, 0.05) is 30.1 Å². The van der Waals surface area contributed by atoms with E-state index in [0.717, 1.165) is 22.7 Å². The summed E-state index contributed by atoms with van der Waals surface area (Å²) in [5.41, 5.74) is 8.36. The summed E-state index contributed by atoms with van der Waals surface area (Å²) in [6, 6.07) is 10.3. The normalized spacial score (nSPS) is 12.4. The van der Waals surface area contributed by atoms with Crippen LogP contribution in [0.2, 0.25) is 0 Å². The maximum atomic E-state index is 13.8. The van der Waals surface area contributed by atoms with Gasteiger partial charge in [-0.2, -0.15) is 0 Å². The van der Waals surface area contributed by atoms with Gasteiger partial charge in [-0.1, -0.05) is 11.3 Å². The Kier molecular flexibility index (Phi) is 4.79. The summed E-state index contributed by atoms with van der Waals surface area (Å²) < 4.78 is 41.8. The van der Waals surface area contributed by atoms with Crippen LogP contribution in [0.3, 0.4) is 0 Å². The average Bonchev–Trinajstić information content (AvgIpc) is 3.13. The SMILES string of the molecule is N[C@@H](Cc1cn(-c2cccc3ncccc23)nn1)Cc1cc(F)c(F)cc1F. The predicted octanol–water partition coefficient (Wildman–Crippen LogP) is 3.35. The minimum Gasteiger partial charge on any atom is -0.327 e. The first-order valence-electron chi connectivity index (χ1n) is 8.65. The van der Waals surface area contributed by atoms with Crippen LogP contribution in [0.5, 0.6) is 0 Å². The fraction of sp³-hybridized carbons (Fsp3) is 0.150. The first-order valence-corrected chi connectivity index (χ1v) is 8.65. The molecule has 0 saturated carbocycles. The van der Waals surface area contributed by atoms with Crippen molar-refractivity contribution in [1.82, 2.24) is 20.0 Å². The van der Waals surface area contributed by atoms with Gasteiger partial charge in [-0.05, 0) is 42.3 Å². The monoisotopic (exact) mass is 383 g/mol. The lowest BCUT2D eigenvalue weighted by Gasteiger charge is -2.11. The van der Waals surface area contributed by atoms with Gasteiger partial charge in [0.2, 0.25) is 0 Å². The van der Waals surface area contributed by atoms with Crippen LogP contribution in [0, 0.1) is 17.5 Å². The van der Waals surface area contributed by atoms with Gasteiger partial charge in [0.25, 0.3) is 0 Å². The van der Waals surface area contributed by atoms with Crippen molar-refractivity contribution < 1.29 is 13.2 Å². The molecule has 2 aromatic heterocycles. The third kappa shape index (κ3) is 3.59. The van der Waals surface area contributed by atoms with Crippen LogP contribution >= 0.6 is 0 Å². The van der Waals surface area contributed by atoms with Crippen molar-refractivity contribution in [2.75, 3.05) is 0 Å². The molecule has 28 heavy (non-hydrogen) atoms. The first kappa shape index (κ1) is 18.1. The maximum Gasteiger partial charge on any atom is 0.161 e. The molecule has 2 aromatic carbocycles. The number of aromatic nitrogens is 4. The molecule has 1 atom stereocenters. The molecule has 0 aliphatic rings. The van der Waals surface area contributed by atoms with Gasteiger partial charge < -0.3 is 5.73 Å². The van der Waals surface area contributed by atoms with Gasteiger partial charge in [-0.3, -0.25) is 4.98 Å². The smallest absolute Gasteiger partial charge is 0.161 e. The van der Waals surface area contributed by atoms with Crippen molar-refractivity contribution in [1.29, 1.82) is 0 Å². The number of halogens is 3. The molecule has 0 aliphatic heterocycles. The Labute approximate surface area is 158 Å². The molecule has 0 saturated heterocycles. The Balaban J connectivity index is 1.53. The molecule has 0 bridgehead atoms. The Morgan fingerprint density at radius 1 is 0.964 bits per heavy atom. The zero-order valence-electron chi connectivity index (χ0n) is 14.7. The van der Waals surface area contributed by atoms with Gasteiger partial charge >= 0.3 is 0 Å². The Hall–Kier alpha value is -3.26. The molecule has 0 fully saturated rings. The van der Waals surface area contributed by atoms with Crippen LogP contribution in [0.15, 0.2) is 54.9 Å². The van der Waals surface area contributed by atoms with Crippen LogP contribution in [0.4, 0.5) is 13.2 Å². The highest BCUT2D eigenvalue weighted by Gasteiger charge is 2.15. The minimum atomic E-state index is -1.22. The third-order valence-corrected chi connectivity index (χ3v) is 4.45. The van der Waals surface area contributed by atoms with Gasteiger partial charge in [0.05, 0.1) is 23.1 Å². The van der Waals surface area contributed by atoms with Crippen molar-refractivity contribution in [3.8, 4) is 5.69 Å². The number of nitrogens with zero attached hydrogens (tertiary/aromatic N) is 4. The van der Waals surface area contributed by atoms with Crippen LogP contribution < -0.4 is 5.73 Å². The first-order chi connectivity index (χ1) is 13.5. The maximum absolute atomic E-state index is 13.8. The van der Waals surface area contributed by atoms with Crippen molar-refractivity contribution >= 4 is 10.9 Å². The molecule has 4 aromatic rings. The summed E-state index contributed by atoms with van der Waals surface area (Å²) in [6.45, 7) is 0. The van der Waals surface area contributed by atoms with E-state index in [-0.39, 0.29) is 12.0 Å². The third-order valence-electron chi connectivity index (χ3n) is 4.45. The Morgan fingerprint density at radius 3 is 2.64 bits per heavy atom. The Bertz CT molecular complexity index is 1140. The van der Waals surface area contributed by atoms with E-state index in [0.29, 0.717) is 18.2 Å². The van der Waals surface area contributed by atoms with Crippen molar-refractivity contribution in [3.63, 3.8) is 0 Å². The van der Waals surface area contributed by atoms with Gasteiger partial charge in [-0.25, -0.2) is 17.9 Å². The molecule has 0 spiro atoms. The van der Waals surface area contributed by atoms with E-state index in [2.05, 4.69) is 15.3 Å². The van der Waals surface area contributed by atoms with Crippen molar-refractivity contribution in [2.45, 2.75) is 18.9 Å². The second kappa shape index (κ2) is 7.40. The minimum absolute atomic E-state index is 0.0268. The molecule has 4 rings (SSSR count). The van der Waals surface area contributed by atoms with E-state index in [4.69, 9.17) is 5.73 Å². The lowest BCUT2D eigenvalue weighted by Crippen LogP contribution is -2.26. The largest absolute Gasteiger partial charge is 0.327 e. The number of nitrogens with two attached hydrogens (primary N) is 1. The lowest BCUT2D eigenvalue weighted by atomic mass is 10.0. The number of fused-ring (bicyclic) bond motifs is 1. The molecule has 2 N–H and O–H groups in total. The summed E-state index contributed by atoms with van der Waals surface area (Å²) in [5.74, 6) is -3.14. The van der Waals surface area contributed by atoms with Crippen molar-refractivity contribution in [2.24, 2.45) is 5.73 Å². The van der Waals surface area contributed by atoms with Gasteiger partial charge in [-0.15, -0.1) is 5.10 Å². The quantitative estimate of drug-likeness (QED) is 0.537. The molecular weight excluding hydrogens is 367 g/mol. The van der Waals surface area contributed by atoms with Crippen LogP contribution in [-0.4, -0.2) is 26.0 Å². The van der Waals surface area contributed by atoms with E-state index in [9.17, 15) is 13.2 Å². The molecule has 142 valence electrons. The van der Waals surface area contributed by atoms with E-state index >= 15 is 0 Å². The fourth-order valence-corrected chi connectivity index (χ4v) is 3.14. The van der Waals surface area contributed by atoms with Gasteiger partial charge in [0.1, 0.15) is 5.82 Å². The fourth-order valence-electron chi connectivity index (χ4n) is 3.14. The highest BCUT2D eigenvalue weighted by Crippen LogP contribution is 2.20. The van der Waals surface area contributed by atoms with Crippen molar-refractivity contribution in [3.05, 3.63) is 83.6 Å². The number of rotatable bonds is 5. The lowest BCUT2D eigenvalue weighted by molar-refractivity contribution is 0.486. The molecule has 0 unspecified atom stereocenters. The predicted molar refractivity (Wildman–Crippen MR) is 98.4 cm³/mol. The van der Waals surface area contributed by atoms with Crippen LogP contribution in [0.25, 0.3) is 16.6 Å². The van der Waals surface area contributed by atoms with Gasteiger partial charge in [0.15, 0.2) is 11.6 Å². The molecular formula is C20H16F3N5. The molecule has 0 radical (unpaired) electrons. The van der Waals surface area contributed by atoms with Crippen LogP contribution in [-0.2, 0) is 12.8 Å². The standard InChI is InChI=1S/C20H16F3N5/c21-16-10-18(23)17(22)8-12(16)7-13(24)9-14-11-28(27-26-14)20-5-1-4-19-15(20)3-2-6-25-19/h1-6,8,10-11,13H,7,9,24H2/t13-/m1/s1. The second-order valence-electron chi connectivity index (χ2n) is 6.53. The number of hydrogen-bond acceptors (Lipinski definition) is 4. The summed E-state index contributed by atoms with van der Waals surface area (Å²) in [4.78, 5) is 4.32. The summed E-state index contributed by atoms with van der Waals surface area (Å²) >= 11 is 0. The van der Waals surface area contributed by atoms with Crippen LogP contribution in [0.1, 0.15) is 11.3 Å². The second-order valence-corrected chi connectivity index (χ2v) is 6.53. The van der Waals surface area contributed by atoms with E-state index in [1.807, 2.05) is 30.3 Å². The summed E-state index contributed by atoms with van der Waals surface area (Å²) in [6.07, 6.45) is 3.81. The number of hydrogen-bond donors (Lipinski definition) is 1. The number of pyridine rings is 1. The topological polar surface area (TPSA) is 69.6 Å².